The fraction of sp³-hybridized carbons (Fsp3) is 0.579. The standard InChI is InChI=1S/C19H27N5O3/c1-13(25)21-10-14-9-15(5-7-20-14)26-16-6-8-24(11-16)12-17-22-18(23-27-17)19(2,3)4/h5,7,9,16H,6,8,10-12H2,1-4H3,(H,21,25). The molecular weight excluding hydrogens is 346 g/mol. The highest BCUT2D eigenvalue weighted by molar-refractivity contribution is 5.72. The topological polar surface area (TPSA) is 93.4 Å². The number of nitrogens with zero attached hydrogens (tertiary/aromatic N) is 4. The lowest BCUT2D eigenvalue weighted by atomic mass is 9.96. The summed E-state index contributed by atoms with van der Waals surface area (Å²) in [4.78, 5) is 22.0. The molecule has 0 bridgehead atoms. The van der Waals surface area contributed by atoms with Gasteiger partial charge < -0.3 is 14.6 Å². The van der Waals surface area contributed by atoms with E-state index in [4.69, 9.17) is 9.26 Å². The molecule has 1 unspecified atom stereocenters. The van der Waals surface area contributed by atoms with Crippen LogP contribution in [0, 0.1) is 0 Å². The second-order valence-electron chi connectivity index (χ2n) is 7.92. The van der Waals surface area contributed by atoms with Crippen LogP contribution in [0.15, 0.2) is 22.9 Å². The van der Waals surface area contributed by atoms with Crippen LogP contribution >= 0.6 is 0 Å². The number of carbonyl (C=O) groups excluding carboxylic acids is 1. The second-order valence-corrected chi connectivity index (χ2v) is 7.92. The van der Waals surface area contributed by atoms with Gasteiger partial charge in [-0.2, -0.15) is 4.98 Å². The molecule has 1 saturated heterocycles. The van der Waals surface area contributed by atoms with Gasteiger partial charge in [-0.05, 0) is 12.5 Å². The van der Waals surface area contributed by atoms with E-state index < -0.39 is 0 Å². The molecule has 3 rings (SSSR count). The lowest BCUT2D eigenvalue weighted by Gasteiger charge is -2.16. The first-order valence-corrected chi connectivity index (χ1v) is 9.21. The third kappa shape index (κ3) is 5.50. The van der Waals surface area contributed by atoms with Crippen LogP contribution in [0.2, 0.25) is 0 Å². The molecule has 2 aromatic rings. The Hall–Kier alpha value is -2.48. The molecule has 2 aromatic heterocycles. The van der Waals surface area contributed by atoms with Crippen molar-refractivity contribution >= 4 is 5.91 Å². The first-order valence-electron chi connectivity index (χ1n) is 9.21. The molecule has 3 heterocycles. The minimum atomic E-state index is -0.116. The van der Waals surface area contributed by atoms with Crippen molar-refractivity contribution in [3.05, 3.63) is 35.7 Å². The van der Waals surface area contributed by atoms with Crippen molar-refractivity contribution in [1.82, 2.24) is 25.3 Å². The SMILES string of the molecule is CC(=O)NCc1cc(OC2CCN(Cc3nc(C(C)(C)C)no3)C2)ccn1. The van der Waals surface area contributed by atoms with E-state index in [0.29, 0.717) is 19.0 Å². The second kappa shape index (κ2) is 8.04. The lowest BCUT2D eigenvalue weighted by Crippen LogP contribution is -2.25. The number of nitrogens with one attached hydrogen (secondary N) is 1. The van der Waals surface area contributed by atoms with Crippen molar-refractivity contribution in [2.45, 2.75) is 58.7 Å². The van der Waals surface area contributed by atoms with Gasteiger partial charge in [-0.15, -0.1) is 0 Å². The van der Waals surface area contributed by atoms with Crippen molar-refractivity contribution in [3.63, 3.8) is 0 Å². The normalized spacial score (nSPS) is 17.9. The summed E-state index contributed by atoms with van der Waals surface area (Å²) in [6.45, 7) is 10.4. The summed E-state index contributed by atoms with van der Waals surface area (Å²) in [7, 11) is 0. The number of aromatic nitrogens is 3. The Morgan fingerprint density at radius 2 is 2.26 bits per heavy atom. The van der Waals surface area contributed by atoms with Gasteiger partial charge in [0.05, 0.1) is 18.8 Å². The third-order valence-electron chi connectivity index (χ3n) is 4.34. The van der Waals surface area contributed by atoms with Crippen molar-refractivity contribution in [3.8, 4) is 5.75 Å². The summed E-state index contributed by atoms with van der Waals surface area (Å²) in [5, 5.41) is 6.82. The maximum absolute atomic E-state index is 11.0. The van der Waals surface area contributed by atoms with E-state index in [1.54, 1.807) is 6.20 Å². The van der Waals surface area contributed by atoms with Crippen LogP contribution < -0.4 is 10.1 Å². The first kappa shape index (κ1) is 19.3. The molecule has 8 nitrogen and oxygen atoms in total. The van der Waals surface area contributed by atoms with Gasteiger partial charge >= 0.3 is 0 Å². The van der Waals surface area contributed by atoms with E-state index in [1.165, 1.54) is 6.92 Å². The molecule has 0 saturated carbocycles. The molecule has 1 atom stereocenters. The van der Waals surface area contributed by atoms with Crippen molar-refractivity contribution in [1.29, 1.82) is 0 Å². The zero-order valence-corrected chi connectivity index (χ0v) is 16.4. The average Bonchev–Trinajstić information content (AvgIpc) is 3.23. The maximum Gasteiger partial charge on any atom is 0.240 e. The molecule has 1 aliphatic rings. The smallest absolute Gasteiger partial charge is 0.240 e. The number of hydrogen-bond acceptors (Lipinski definition) is 7. The van der Waals surface area contributed by atoms with Crippen LogP contribution in [0.1, 0.15) is 51.5 Å². The molecule has 0 aromatic carbocycles. The molecule has 0 radical (unpaired) electrons. The molecule has 8 heteroatoms. The quantitative estimate of drug-likeness (QED) is 0.828. The van der Waals surface area contributed by atoms with E-state index in [-0.39, 0.29) is 17.4 Å². The Balaban J connectivity index is 1.52. The summed E-state index contributed by atoms with van der Waals surface area (Å²) in [6.07, 6.45) is 2.74. The lowest BCUT2D eigenvalue weighted by molar-refractivity contribution is -0.119. The van der Waals surface area contributed by atoms with Crippen LogP contribution in [-0.4, -0.2) is 45.1 Å². The zero-order chi connectivity index (χ0) is 19.4. The molecule has 1 amide bonds. The van der Waals surface area contributed by atoms with Gasteiger partial charge in [-0.25, -0.2) is 0 Å². The predicted octanol–water partition coefficient (Wildman–Crippen LogP) is 2.05. The number of rotatable bonds is 6. The maximum atomic E-state index is 11.0. The van der Waals surface area contributed by atoms with Gasteiger partial charge in [0.15, 0.2) is 5.82 Å². The van der Waals surface area contributed by atoms with Crippen molar-refractivity contribution in [2.75, 3.05) is 13.1 Å². The van der Waals surface area contributed by atoms with Gasteiger partial charge in [0.25, 0.3) is 0 Å². The fourth-order valence-electron chi connectivity index (χ4n) is 2.89. The molecule has 146 valence electrons. The molecule has 27 heavy (non-hydrogen) atoms. The highest BCUT2D eigenvalue weighted by Gasteiger charge is 2.27. The van der Waals surface area contributed by atoms with Crippen LogP contribution in [-0.2, 0) is 23.3 Å². The number of carbonyl (C=O) groups is 1. The Morgan fingerprint density at radius 3 is 2.96 bits per heavy atom. The Kier molecular flexibility index (Phi) is 5.74. The summed E-state index contributed by atoms with van der Waals surface area (Å²) in [6, 6.07) is 3.71. The van der Waals surface area contributed by atoms with Crippen molar-refractivity contribution < 1.29 is 14.1 Å². The Morgan fingerprint density at radius 1 is 1.44 bits per heavy atom. The summed E-state index contributed by atoms with van der Waals surface area (Å²) >= 11 is 0. The van der Waals surface area contributed by atoms with E-state index in [0.717, 1.165) is 36.8 Å². The monoisotopic (exact) mass is 373 g/mol. The fourth-order valence-corrected chi connectivity index (χ4v) is 2.89. The molecular formula is C19H27N5O3. The van der Waals surface area contributed by atoms with E-state index in [2.05, 4.69) is 46.1 Å². The zero-order valence-electron chi connectivity index (χ0n) is 16.4. The van der Waals surface area contributed by atoms with Crippen LogP contribution in [0.5, 0.6) is 5.75 Å². The number of hydrogen-bond donors (Lipinski definition) is 1. The minimum Gasteiger partial charge on any atom is -0.489 e. The molecule has 0 aliphatic carbocycles. The van der Waals surface area contributed by atoms with E-state index in [1.807, 2.05) is 12.1 Å². The third-order valence-corrected chi connectivity index (χ3v) is 4.34. The van der Waals surface area contributed by atoms with Gasteiger partial charge in [0.1, 0.15) is 11.9 Å². The van der Waals surface area contributed by atoms with Gasteiger partial charge in [-0.1, -0.05) is 25.9 Å². The summed E-state index contributed by atoms with van der Waals surface area (Å²) in [5.41, 5.74) is 0.660. The largest absolute Gasteiger partial charge is 0.489 e. The highest BCUT2D eigenvalue weighted by atomic mass is 16.5. The number of likely N-dealkylation sites (tertiary alicyclic amines) is 1. The van der Waals surface area contributed by atoms with Gasteiger partial charge in [-0.3, -0.25) is 14.7 Å². The van der Waals surface area contributed by atoms with E-state index >= 15 is 0 Å². The Bertz CT molecular complexity index is 784. The average molecular weight is 373 g/mol. The molecule has 1 aliphatic heterocycles. The van der Waals surface area contributed by atoms with Crippen molar-refractivity contribution in [2.24, 2.45) is 0 Å². The number of ether oxygens (including phenoxy) is 1. The summed E-state index contributed by atoms with van der Waals surface area (Å²) in [5.74, 6) is 2.06. The Labute approximate surface area is 159 Å². The van der Waals surface area contributed by atoms with Crippen LogP contribution in [0.25, 0.3) is 0 Å². The summed E-state index contributed by atoms with van der Waals surface area (Å²) < 4.78 is 11.5. The molecule has 1 N–H and O–H groups in total. The number of pyridine rings is 1. The van der Waals surface area contributed by atoms with Gasteiger partial charge in [0, 0.05) is 37.7 Å². The molecule has 1 fully saturated rings. The minimum absolute atomic E-state index is 0.0785. The van der Waals surface area contributed by atoms with Gasteiger partial charge in [0.2, 0.25) is 11.8 Å². The van der Waals surface area contributed by atoms with E-state index in [9.17, 15) is 4.79 Å². The number of amides is 1. The first-order chi connectivity index (χ1) is 12.8. The molecule has 0 spiro atoms. The van der Waals surface area contributed by atoms with Crippen LogP contribution in [0.3, 0.4) is 0 Å². The highest BCUT2D eigenvalue weighted by Crippen LogP contribution is 2.22. The predicted molar refractivity (Wildman–Crippen MR) is 99.1 cm³/mol. The van der Waals surface area contributed by atoms with Crippen LogP contribution in [0.4, 0.5) is 0 Å².